The SMILES string of the molecule is COc1cc(C(=O)NCC2(c3ccc(C=O)c(-c4ccc(F)c(Cl)c4)n3)CNC(=O)O2)ccc1OCCO. The number of aliphatic hydroxyl groups is 1. The zero-order valence-corrected chi connectivity index (χ0v) is 20.9. The Hall–Kier alpha value is -4.22. The number of benzene rings is 2. The Bertz CT molecular complexity index is 1390. The Morgan fingerprint density at radius 3 is 2.74 bits per heavy atom. The van der Waals surface area contributed by atoms with Gasteiger partial charge < -0.3 is 30.0 Å². The van der Waals surface area contributed by atoms with Gasteiger partial charge in [0.1, 0.15) is 12.4 Å². The van der Waals surface area contributed by atoms with Gasteiger partial charge in [-0.15, -0.1) is 0 Å². The molecule has 2 heterocycles. The van der Waals surface area contributed by atoms with Crippen molar-refractivity contribution in [2.24, 2.45) is 0 Å². The first-order valence-corrected chi connectivity index (χ1v) is 11.8. The molecule has 1 atom stereocenters. The number of aliphatic hydroxyl groups excluding tert-OH is 1. The lowest BCUT2D eigenvalue weighted by Crippen LogP contribution is -2.44. The first-order chi connectivity index (χ1) is 18.3. The summed E-state index contributed by atoms with van der Waals surface area (Å²) < 4.78 is 29.9. The van der Waals surface area contributed by atoms with Crippen LogP contribution in [0.5, 0.6) is 11.5 Å². The van der Waals surface area contributed by atoms with Gasteiger partial charge in [0, 0.05) is 16.7 Å². The fraction of sp³-hybridized carbons (Fsp3) is 0.231. The number of cyclic esters (lactones) is 1. The second-order valence-corrected chi connectivity index (χ2v) is 8.65. The van der Waals surface area contributed by atoms with Crippen LogP contribution in [0.4, 0.5) is 9.18 Å². The van der Waals surface area contributed by atoms with Gasteiger partial charge >= 0.3 is 6.09 Å². The summed E-state index contributed by atoms with van der Waals surface area (Å²) in [6.45, 7) is -0.296. The third kappa shape index (κ3) is 5.53. The third-order valence-corrected chi connectivity index (χ3v) is 6.12. The highest BCUT2D eigenvalue weighted by Crippen LogP contribution is 2.32. The number of rotatable bonds is 10. The van der Waals surface area contributed by atoms with E-state index in [0.29, 0.717) is 23.3 Å². The topological polar surface area (TPSA) is 136 Å². The molecule has 10 nitrogen and oxygen atoms in total. The maximum absolute atomic E-state index is 13.7. The van der Waals surface area contributed by atoms with Gasteiger partial charge in [0.2, 0.25) is 0 Å². The molecule has 0 spiro atoms. The summed E-state index contributed by atoms with van der Waals surface area (Å²) in [5.41, 5.74) is -0.104. The number of alkyl carbamates (subject to hydrolysis) is 1. The fourth-order valence-corrected chi connectivity index (χ4v) is 4.08. The Labute approximate surface area is 221 Å². The van der Waals surface area contributed by atoms with E-state index in [2.05, 4.69) is 15.6 Å². The number of hydrogen-bond acceptors (Lipinski definition) is 8. The van der Waals surface area contributed by atoms with Crippen molar-refractivity contribution in [1.82, 2.24) is 15.6 Å². The van der Waals surface area contributed by atoms with Crippen LogP contribution in [0.1, 0.15) is 26.4 Å². The average Bonchev–Trinajstić information content (AvgIpc) is 3.33. The molecule has 0 radical (unpaired) electrons. The summed E-state index contributed by atoms with van der Waals surface area (Å²) >= 11 is 5.93. The largest absolute Gasteiger partial charge is 0.493 e. The molecule has 38 heavy (non-hydrogen) atoms. The molecule has 2 aromatic carbocycles. The van der Waals surface area contributed by atoms with E-state index in [1.54, 1.807) is 0 Å². The molecule has 1 unspecified atom stereocenters. The van der Waals surface area contributed by atoms with E-state index in [4.69, 9.17) is 30.9 Å². The van der Waals surface area contributed by atoms with Crippen LogP contribution in [0.25, 0.3) is 11.3 Å². The number of hydrogen-bond donors (Lipinski definition) is 3. The highest BCUT2D eigenvalue weighted by Gasteiger charge is 2.44. The van der Waals surface area contributed by atoms with Gasteiger partial charge in [-0.1, -0.05) is 11.6 Å². The van der Waals surface area contributed by atoms with Crippen LogP contribution >= 0.6 is 11.6 Å². The molecule has 3 aromatic rings. The summed E-state index contributed by atoms with van der Waals surface area (Å²) in [5.74, 6) is -0.466. The number of pyridine rings is 1. The highest BCUT2D eigenvalue weighted by atomic mass is 35.5. The van der Waals surface area contributed by atoms with Crippen LogP contribution in [0.3, 0.4) is 0 Å². The number of methoxy groups -OCH3 is 1. The molecule has 1 aromatic heterocycles. The molecule has 12 heteroatoms. The van der Waals surface area contributed by atoms with E-state index in [0.717, 1.165) is 6.07 Å². The molecule has 1 saturated heterocycles. The molecule has 0 bridgehead atoms. The third-order valence-electron chi connectivity index (χ3n) is 5.83. The van der Waals surface area contributed by atoms with Crippen molar-refractivity contribution in [2.75, 3.05) is 33.4 Å². The van der Waals surface area contributed by atoms with Gasteiger partial charge in [0.05, 0.1) is 43.2 Å². The lowest BCUT2D eigenvalue weighted by Gasteiger charge is -2.27. The lowest BCUT2D eigenvalue weighted by molar-refractivity contribution is 0.0479. The zero-order chi connectivity index (χ0) is 27.3. The normalized spacial score (nSPS) is 16.4. The van der Waals surface area contributed by atoms with Crippen molar-refractivity contribution in [3.63, 3.8) is 0 Å². The highest BCUT2D eigenvalue weighted by molar-refractivity contribution is 6.31. The molecule has 0 saturated carbocycles. The van der Waals surface area contributed by atoms with Gasteiger partial charge in [-0.05, 0) is 48.5 Å². The van der Waals surface area contributed by atoms with Crippen molar-refractivity contribution in [2.45, 2.75) is 5.60 Å². The Morgan fingerprint density at radius 2 is 2.08 bits per heavy atom. The van der Waals surface area contributed by atoms with Gasteiger partial charge in [-0.25, -0.2) is 14.2 Å². The quantitative estimate of drug-likeness (QED) is 0.332. The smallest absolute Gasteiger partial charge is 0.408 e. The van der Waals surface area contributed by atoms with E-state index in [1.807, 2.05) is 0 Å². The van der Waals surface area contributed by atoms with Crippen molar-refractivity contribution < 1.29 is 38.1 Å². The van der Waals surface area contributed by atoms with Crippen LogP contribution in [-0.4, -0.2) is 61.8 Å². The Morgan fingerprint density at radius 1 is 1.26 bits per heavy atom. The molecule has 198 valence electrons. The van der Waals surface area contributed by atoms with Gasteiger partial charge in [0.15, 0.2) is 23.4 Å². The number of ether oxygens (including phenoxy) is 3. The molecule has 1 fully saturated rings. The summed E-state index contributed by atoms with van der Waals surface area (Å²) in [5, 5.41) is 14.1. The van der Waals surface area contributed by atoms with E-state index in [9.17, 15) is 18.8 Å². The average molecular weight is 544 g/mol. The number of aromatic nitrogens is 1. The summed E-state index contributed by atoms with van der Waals surface area (Å²) in [7, 11) is 1.42. The van der Waals surface area contributed by atoms with Crippen molar-refractivity contribution in [3.05, 3.63) is 76.2 Å². The number of carbonyl (C=O) groups is 3. The van der Waals surface area contributed by atoms with Gasteiger partial charge in [-0.3, -0.25) is 9.59 Å². The standard InChI is InChI=1S/C26H23ClFN3O7/c1-36-21-11-16(3-6-20(21)37-9-8-32)24(34)29-13-26(14-30-25(35)38-26)22-7-4-17(12-33)23(31-22)15-2-5-19(28)18(27)10-15/h2-7,10-12,32H,8-9,13-14H2,1H3,(H,29,34)(H,30,35). The van der Waals surface area contributed by atoms with Gasteiger partial charge in [0.25, 0.3) is 5.91 Å². The van der Waals surface area contributed by atoms with E-state index in [1.165, 1.54) is 49.6 Å². The van der Waals surface area contributed by atoms with Gasteiger partial charge in [-0.2, -0.15) is 0 Å². The van der Waals surface area contributed by atoms with E-state index >= 15 is 0 Å². The maximum atomic E-state index is 13.7. The minimum absolute atomic E-state index is 0.0135. The Balaban J connectivity index is 1.63. The summed E-state index contributed by atoms with van der Waals surface area (Å²) in [6, 6.07) is 11.5. The monoisotopic (exact) mass is 543 g/mol. The predicted octanol–water partition coefficient (Wildman–Crippen LogP) is 3.10. The number of carbonyl (C=O) groups excluding carboxylic acids is 3. The second kappa shape index (κ2) is 11.4. The number of nitrogens with zero attached hydrogens (tertiary/aromatic N) is 1. The van der Waals surface area contributed by atoms with Crippen molar-refractivity contribution in [1.29, 1.82) is 0 Å². The number of nitrogens with one attached hydrogen (secondary N) is 2. The van der Waals surface area contributed by atoms with E-state index in [-0.39, 0.29) is 53.8 Å². The predicted molar refractivity (Wildman–Crippen MR) is 134 cm³/mol. The van der Waals surface area contributed by atoms with Crippen LogP contribution in [0.2, 0.25) is 5.02 Å². The first-order valence-electron chi connectivity index (χ1n) is 11.4. The van der Waals surface area contributed by atoms with Crippen molar-refractivity contribution >= 4 is 29.9 Å². The van der Waals surface area contributed by atoms with Crippen LogP contribution in [0, 0.1) is 5.82 Å². The molecule has 1 aliphatic heterocycles. The summed E-state index contributed by atoms with van der Waals surface area (Å²) in [4.78, 5) is 41.3. The fourth-order valence-electron chi connectivity index (χ4n) is 3.90. The number of halogens is 2. The molecule has 2 amide bonds. The second-order valence-electron chi connectivity index (χ2n) is 8.24. The first kappa shape index (κ1) is 26.8. The Kier molecular flexibility index (Phi) is 8.08. The molecule has 0 aliphatic carbocycles. The number of aldehydes is 1. The minimum atomic E-state index is -1.40. The van der Waals surface area contributed by atoms with Crippen LogP contribution in [-0.2, 0) is 10.3 Å². The molecule has 4 rings (SSSR count). The lowest BCUT2D eigenvalue weighted by atomic mass is 9.96. The van der Waals surface area contributed by atoms with Crippen molar-refractivity contribution in [3.8, 4) is 22.8 Å². The molecular formula is C26H23ClFN3O7. The molecule has 1 aliphatic rings. The summed E-state index contributed by atoms with van der Waals surface area (Å²) in [6.07, 6.45) is -0.114. The minimum Gasteiger partial charge on any atom is -0.493 e. The van der Waals surface area contributed by atoms with E-state index < -0.39 is 23.4 Å². The maximum Gasteiger partial charge on any atom is 0.408 e. The number of amides is 2. The van der Waals surface area contributed by atoms with Crippen LogP contribution < -0.4 is 20.1 Å². The molecular weight excluding hydrogens is 521 g/mol. The molecule has 3 N–H and O–H groups in total. The van der Waals surface area contributed by atoms with Crippen LogP contribution in [0.15, 0.2) is 48.5 Å². The zero-order valence-electron chi connectivity index (χ0n) is 20.1.